The van der Waals surface area contributed by atoms with E-state index in [2.05, 4.69) is 53.3 Å². The van der Waals surface area contributed by atoms with E-state index in [0.717, 1.165) is 39.4 Å². The Hall–Kier alpha value is -0.860. The van der Waals surface area contributed by atoms with Gasteiger partial charge in [-0.2, -0.15) is 0 Å². The molecule has 1 fully saturated rings. The van der Waals surface area contributed by atoms with E-state index in [1.54, 1.807) is 0 Å². The van der Waals surface area contributed by atoms with Gasteiger partial charge in [-0.1, -0.05) is 38.1 Å². The summed E-state index contributed by atoms with van der Waals surface area (Å²) < 4.78 is 5.39. The summed E-state index contributed by atoms with van der Waals surface area (Å²) in [7, 11) is 0. The van der Waals surface area contributed by atoms with Gasteiger partial charge in [-0.3, -0.25) is 4.90 Å². The number of halogens is 1. The first-order valence-corrected chi connectivity index (χ1v) is 8.05. The average molecular weight is 432 g/mol. The Morgan fingerprint density at radius 2 is 2.00 bits per heavy atom. The molecule has 2 rings (SSSR count). The molecular formula is C17H29IN4O. The second kappa shape index (κ2) is 10.8. The van der Waals surface area contributed by atoms with E-state index in [9.17, 15) is 0 Å². The van der Waals surface area contributed by atoms with Gasteiger partial charge in [-0.25, -0.2) is 4.99 Å². The average Bonchev–Trinajstić information content (AvgIpc) is 2.52. The van der Waals surface area contributed by atoms with Crippen molar-refractivity contribution in [2.75, 3.05) is 32.8 Å². The van der Waals surface area contributed by atoms with Crippen LogP contribution in [0.25, 0.3) is 0 Å². The number of nitrogens with zero attached hydrogens (tertiary/aromatic N) is 2. The smallest absolute Gasteiger partial charge is 0.188 e. The molecule has 23 heavy (non-hydrogen) atoms. The number of rotatable bonds is 6. The SMILES string of the molecule is CC(C)CNC(N)=NCc1cccc(CN2CCOCC2)c1.I. The molecule has 1 aromatic carbocycles. The lowest BCUT2D eigenvalue weighted by molar-refractivity contribution is 0.0342. The predicted molar refractivity (Wildman–Crippen MR) is 106 cm³/mol. The van der Waals surface area contributed by atoms with Crippen molar-refractivity contribution in [2.24, 2.45) is 16.6 Å². The van der Waals surface area contributed by atoms with Crippen molar-refractivity contribution >= 4 is 29.9 Å². The zero-order valence-corrected chi connectivity index (χ0v) is 16.5. The first kappa shape index (κ1) is 20.2. The van der Waals surface area contributed by atoms with Gasteiger partial charge in [0.1, 0.15) is 0 Å². The Balaban J connectivity index is 0.00000264. The third-order valence-electron chi connectivity index (χ3n) is 3.62. The van der Waals surface area contributed by atoms with Crippen LogP contribution in [0.15, 0.2) is 29.3 Å². The first-order valence-electron chi connectivity index (χ1n) is 8.05. The lowest BCUT2D eigenvalue weighted by Crippen LogP contribution is -2.35. The van der Waals surface area contributed by atoms with Crippen LogP contribution < -0.4 is 11.1 Å². The fourth-order valence-corrected chi connectivity index (χ4v) is 2.38. The van der Waals surface area contributed by atoms with Crippen LogP contribution in [0.2, 0.25) is 0 Å². The van der Waals surface area contributed by atoms with Crippen LogP contribution in [0.5, 0.6) is 0 Å². The lowest BCUT2D eigenvalue weighted by Gasteiger charge is -2.26. The molecule has 1 saturated heterocycles. The van der Waals surface area contributed by atoms with Crippen molar-refractivity contribution in [3.63, 3.8) is 0 Å². The molecule has 130 valence electrons. The number of guanidine groups is 1. The number of nitrogens with one attached hydrogen (secondary N) is 1. The summed E-state index contributed by atoms with van der Waals surface area (Å²) in [6.07, 6.45) is 0. The van der Waals surface area contributed by atoms with Crippen LogP contribution in [-0.4, -0.2) is 43.7 Å². The lowest BCUT2D eigenvalue weighted by atomic mass is 10.1. The quantitative estimate of drug-likeness (QED) is 0.411. The molecular weight excluding hydrogens is 403 g/mol. The molecule has 3 N–H and O–H groups in total. The Kier molecular flexibility index (Phi) is 9.50. The molecule has 0 aromatic heterocycles. The van der Waals surface area contributed by atoms with Crippen LogP contribution in [0.1, 0.15) is 25.0 Å². The number of aliphatic imine (C=N–C) groups is 1. The summed E-state index contributed by atoms with van der Waals surface area (Å²) in [6, 6.07) is 8.58. The van der Waals surface area contributed by atoms with Crippen LogP contribution in [0.4, 0.5) is 0 Å². The third-order valence-corrected chi connectivity index (χ3v) is 3.62. The van der Waals surface area contributed by atoms with Crippen molar-refractivity contribution in [1.82, 2.24) is 10.2 Å². The number of benzene rings is 1. The Morgan fingerprint density at radius 3 is 2.70 bits per heavy atom. The summed E-state index contributed by atoms with van der Waals surface area (Å²) in [6.45, 7) is 10.4. The normalized spacial score (nSPS) is 16.2. The van der Waals surface area contributed by atoms with Crippen molar-refractivity contribution in [1.29, 1.82) is 0 Å². The number of morpholine rings is 1. The predicted octanol–water partition coefficient (Wildman–Crippen LogP) is 2.20. The summed E-state index contributed by atoms with van der Waals surface area (Å²) in [5.74, 6) is 1.08. The fourth-order valence-electron chi connectivity index (χ4n) is 2.38. The zero-order chi connectivity index (χ0) is 15.8. The highest BCUT2D eigenvalue weighted by Gasteiger charge is 2.10. The van der Waals surface area contributed by atoms with Crippen molar-refractivity contribution < 1.29 is 4.74 Å². The minimum absolute atomic E-state index is 0. The van der Waals surface area contributed by atoms with Crippen LogP contribution in [0.3, 0.4) is 0 Å². The highest BCUT2D eigenvalue weighted by Crippen LogP contribution is 2.10. The largest absolute Gasteiger partial charge is 0.379 e. The van der Waals surface area contributed by atoms with Gasteiger partial charge in [0, 0.05) is 26.2 Å². The number of hydrogen-bond acceptors (Lipinski definition) is 3. The van der Waals surface area contributed by atoms with E-state index >= 15 is 0 Å². The van der Waals surface area contributed by atoms with Gasteiger partial charge in [0.25, 0.3) is 0 Å². The number of nitrogens with two attached hydrogens (primary N) is 1. The van der Waals surface area contributed by atoms with E-state index in [1.165, 1.54) is 11.1 Å². The molecule has 0 amide bonds. The van der Waals surface area contributed by atoms with E-state index in [-0.39, 0.29) is 24.0 Å². The Morgan fingerprint density at radius 1 is 1.30 bits per heavy atom. The Bertz CT molecular complexity index is 487. The highest BCUT2D eigenvalue weighted by atomic mass is 127. The van der Waals surface area contributed by atoms with Crippen LogP contribution in [-0.2, 0) is 17.8 Å². The molecule has 0 unspecified atom stereocenters. The molecule has 5 nitrogen and oxygen atoms in total. The van der Waals surface area contributed by atoms with E-state index < -0.39 is 0 Å². The molecule has 0 radical (unpaired) electrons. The van der Waals surface area contributed by atoms with Gasteiger partial charge in [0.2, 0.25) is 0 Å². The summed E-state index contributed by atoms with van der Waals surface area (Å²) >= 11 is 0. The summed E-state index contributed by atoms with van der Waals surface area (Å²) in [5, 5.41) is 3.14. The van der Waals surface area contributed by atoms with Gasteiger partial charge in [0.05, 0.1) is 19.8 Å². The molecule has 1 aliphatic rings. The number of ether oxygens (including phenoxy) is 1. The minimum Gasteiger partial charge on any atom is -0.379 e. The van der Waals surface area contributed by atoms with Crippen LogP contribution >= 0.6 is 24.0 Å². The molecule has 1 aromatic rings. The van der Waals surface area contributed by atoms with Crippen molar-refractivity contribution in [3.05, 3.63) is 35.4 Å². The monoisotopic (exact) mass is 432 g/mol. The summed E-state index contributed by atoms with van der Waals surface area (Å²) in [5.41, 5.74) is 8.39. The fraction of sp³-hybridized carbons (Fsp3) is 0.588. The first-order chi connectivity index (χ1) is 10.6. The molecule has 0 spiro atoms. The second-order valence-electron chi connectivity index (χ2n) is 6.18. The standard InChI is InChI=1S/C17H28N4O.HI/c1-14(2)11-19-17(18)20-12-15-4-3-5-16(10-15)13-21-6-8-22-9-7-21;/h3-5,10,14H,6-9,11-13H2,1-2H3,(H3,18,19,20);1H. The molecule has 0 saturated carbocycles. The maximum absolute atomic E-state index is 5.87. The third kappa shape index (κ3) is 7.99. The summed E-state index contributed by atoms with van der Waals surface area (Å²) in [4.78, 5) is 6.83. The van der Waals surface area contributed by atoms with Gasteiger partial charge >= 0.3 is 0 Å². The molecule has 1 aliphatic heterocycles. The molecule has 6 heteroatoms. The van der Waals surface area contributed by atoms with Crippen LogP contribution in [0, 0.1) is 5.92 Å². The van der Waals surface area contributed by atoms with Gasteiger partial charge in [-0.15, -0.1) is 24.0 Å². The molecule has 0 aliphatic carbocycles. The van der Waals surface area contributed by atoms with Gasteiger partial charge in [-0.05, 0) is 17.0 Å². The van der Waals surface area contributed by atoms with Crippen molar-refractivity contribution in [2.45, 2.75) is 26.9 Å². The molecule has 1 heterocycles. The molecule has 0 atom stereocenters. The van der Waals surface area contributed by atoms with Gasteiger partial charge < -0.3 is 15.8 Å². The topological polar surface area (TPSA) is 62.9 Å². The highest BCUT2D eigenvalue weighted by molar-refractivity contribution is 14.0. The van der Waals surface area contributed by atoms with E-state index in [4.69, 9.17) is 10.5 Å². The number of hydrogen-bond donors (Lipinski definition) is 2. The van der Waals surface area contributed by atoms with E-state index in [1.807, 2.05) is 0 Å². The maximum atomic E-state index is 5.87. The van der Waals surface area contributed by atoms with E-state index in [0.29, 0.717) is 18.4 Å². The van der Waals surface area contributed by atoms with Gasteiger partial charge in [0.15, 0.2) is 5.96 Å². The second-order valence-corrected chi connectivity index (χ2v) is 6.18. The minimum atomic E-state index is 0. The maximum Gasteiger partial charge on any atom is 0.188 e. The molecule has 0 bridgehead atoms. The Labute approximate surface area is 156 Å². The zero-order valence-electron chi connectivity index (χ0n) is 14.1. The van der Waals surface area contributed by atoms with Crippen molar-refractivity contribution in [3.8, 4) is 0 Å².